The molecule has 166 valence electrons. The van der Waals surface area contributed by atoms with Crippen LogP contribution in [0.15, 0.2) is 48.0 Å². The number of carbonyl (C=O) groups is 1. The van der Waals surface area contributed by atoms with Crippen LogP contribution in [0.4, 0.5) is 30.2 Å². The summed E-state index contributed by atoms with van der Waals surface area (Å²) in [4.78, 5) is 24.6. The third kappa shape index (κ3) is 5.41. The molecule has 0 saturated carbocycles. The lowest BCUT2D eigenvalue weighted by Crippen LogP contribution is -2.37. The molecule has 11 heteroatoms. The van der Waals surface area contributed by atoms with Gasteiger partial charge in [0.2, 0.25) is 0 Å². The number of halogens is 3. The second kappa shape index (κ2) is 9.49. The fraction of sp³-hybridized carbons (Fsp3) is 0.238. The summed E-state index contributed by atoms with van der Waals surface area (Å²) >= 11 is 0. The van der Waals surface area contributed by atoms with E-state index in [0.717, 1.165) is 12.1 Å². The van der Waals surface area contributed by atoms with Crippen LogP contribution in [0.5, 0.6) is 0 Å². The van der Waals surface area contributed by atoms with Crippen molar-refractivity contribution in [1.82, 2.24) is 0 Å². The molecule has 0 aromatic heterocycles. The summed E-state index contributed by atoms with van der Waals surface area (Å²) in [6.07, 6.45) is -3.42. The summed E-state index contributed by atoms with van der Waals surface area (Å²) in [6, 6.07) is 9.86. The highest BCUT2D eigenvalue weighted by Crippen LogP contribution is 2.36. The molecule has 1 amide bonds. The largest absolute Gasteiger partial charge is 0.416 e. The van der Waals surface area contributed by atoms with Gasteiger partial charge in [0.25, 0.3) is 11.6 Å². The maximum atomic E-state index is 13.2. The summed E-state index contributed by atoms with van der Waals surface area (Å²) in [5.74, 6) is -0.903. The first-order valence-corrected chi connectivity index (χ1v) is 9.40. The van der Waals surface area contributed by atoms with E-state index in [1.807, 2.05) is 0 Å². The van der Waals surface area contributed by atoms with Crippen LogP contribution in [0, 0.1) is 21.4 Å². The van der Waals surface area contributed by atoms with Gasteiger partial charge in [-0.3, -0.25) is 14.9 Å². The Kier molecular flexibility index (Phi) is 6.75. The number of nitrogens with zero attached hydrogens (tertiary/aromatic N) is 3. The number of nitriles is 1. The Hall–Kier alpha value is -3.91. The Morgan fingerprint density at radius 1 is 1.19 bits per heavy atom. The fourth-order valence-corrected chi connectivity index (χ4v) is 3.09. The molecule has 1 aliphatic heterocycles. The van der Waals surface area contributed by atoms with Crippen molar-refractivity contribution in [2.45, 2.75) is 6.18 Å². The topological polar surface area (TPSA) is 108 Å². The van der Waals surface area contributed by atoms with Crippen molar-refractivity contribution in [3.05, 3.63) is 69.3 Å². The van der Waals surface area contributed by atoms with Crippen LogP contribution in [-0.2, 0) is 15.7 Å². The fourth-order valence-electron chi connectivity index (χ4n) is 3.09. The van der Waals surface area contributed by atoms with Crippen molar-refractivity contribution in [2.75, 3.05) is 36.5 Å². The minimum Gasteiger partial charge on any atom is -0.378 e. The van der Waals surface area contributed by atoms with Gasteiger partial charge in [0.05, 0.1) is 35.1 Å². The van der Waals surface area contributed by atoms with E-state index in [4.69, 9.17) is 4.74 Å². The average molecular weight is 446 g/mol. The van der Waals surface area contributed by atoms with Crippen molar-refractivity contribution in [1.29, 1.82) is 5.26 Å². The Morgan fingerprint density at radius 2 is 1.84 bits per heavy atom. The number of anilines is 2. The Bertz CT molecular complexity index is 1090. The molecule has 1 saturated heterocycles. The second-order valence-corrected chi connectivity index (χ2v) is 6.80. The summed E-state index contributed by atoms with van der Waals surface area (Å²) < 4.78 is 44.9. The predicted octanol–water partition coefficient (Wildman–Crippen LogP) is 4.00. The standard InChI is InChI=1S/C21H17F3N4O4/c22-21(23,24)16-3-6-19(27-7-9-32-10-8-27)18(12-16)26-20(29)15(13-25)11-14-1-4-17(5-2-14)28(30)31/h1-6,11-12H,7-10H2,(H,26,29)/b15-11-. The van der Waals surface area contributed by atoms with Gasteiger partial charge >= 0.3 is 6.18 Å². The van der Waals surface area contributed by atoms with Crippen LogP contribution in [0.1, 0.15) is 11.1 Å². The Labute approximate surface area is 180 Å². The van der Waals surface area contributed by atoms with Gasteiger partial charge in [-0.2, -0.15) is 18.4 Å². The molecule has 0 aliphatic carbocycles. The number of rotatable bonds is 5. The molecule has 0 bridgehead atoms. The second-order valence-electron chi connectivity index (χ2n) is 6.80. The van der Waals surface area contributed by atoms with Crippen molar-refractivity contribution >= 4 is 29.0 Å². The number of nitro benzene ring substituents is 1. The van der Waals surface area contributed by atoms with Gasteiger partial charge in [-0.25, -0.2) is 0 Å². The number of alkyl halides is 3. The molecule has 2 aromatic rings. The molecule has 0 unspecified atom stereocenters. The van der Waals surface area contributed by atoms with E-state index >= 15 is 0 Å². The monoisotopic (exact) mass is 446 g/mol. The molecule has 1 heterocycles. The van der Waals surface area contributed by atoms with Gasteiger partial charge in [-0.1, -0.05) is 0 Å². The lowest BCUT2D eigenvalue weighted by molar-refractivity contribution is -0.384. The van der Waals surface area contributed by atoms with E-state index in [-0.39, 0.29) is 16.9 Å². The van der Waals surface area contributed by atoms with Crippen LogP contribution in [0.25, 0.3) is 6.08 Å². The van der Waals surface area contributed by atoms with Gasteiger partial charge in [-0.05, 0) is 42.0 Å². The number of nitrogens with one attached hydrogen (secondary N) is 1. The molecule has 2 aromatic carbocycles. The zero-order valence-electron chi connectivity index (χ0n) is 16.6. The van der Waals surface area contributed by atoms with Crippen molar-refractivity contribution < 1.29 is 27.6 Å². The molecular weight excluding hydrogens is 429 g/mol. The number of hydrogen-bond donors (Lipinski definition) is 1. The van der Waals surface area contributed by atoms with E-state index in [2.05, 4.69) is 5.32 Å². The van der Waals surface area contributed by atoms with Crippen LogP contribution < -0.4 is 10.2 Å². The average Bonchev–Trinajstić information content (AvgIpc) is 2.77. The lowest BCUT2D eigenvalue weighted by atomic mass is 10.1. The Balaban J connectivity index is 1.91. The molecular formula is C21H17F3N4O4. The Morgan fingerprint density at radius 3 is 2.41 bits per heavy atom. The maximum Gasteiger partial charge on any atom is 0.416 e. The summed E-state index contributed by atoms with van der Waals surface area (Å²) in [5.41, 5.74) is -0.838. The molecule has 32 heavy (non-hydrogen) atoms. The van der Waals surface area contributed by atoms with Crippen molar-refractivity contribution in [3.63, 3.8) is 0 Å². The van der Waals surface area contributed by atoms with Crippen LogP contribution in [-0.4, -0.2) is 37.1 Å². The smallest absolute Gasteiger partial charge is 0.378 e. The molecule has 0 spiro atoms. The van der Waals surface area contributed by atoms with E-state index in [1.54, 1.807) is 11.0 Å². The SMILES string of the molecule is N#C/C(=C/c1ccc([N+](=O)[O-])cc1)C(=O)Nc1cc(C(F)(F)F)ccc1N1CCOCC1. The number of non-ortho nitro benzene ring substituents is 1. The number of amides is 1. The number of carbonyl (C=O) groups excluding carboxylic acids is 1. The predicted molar refractivity (Wildman–Crippen MR) is 110 cm³/mol. The molecule has 1 fully saturated rings. The molecule has 1 N–H and O–H groups in total. The number of benzene rings is 2. The van der Waals surface area contributed by atoms with Gasteiger partial charge in [0, 0.05) is 25.2 Å². The van der Waals surface area contributed by atoms with Gasteiger partial charge in [0.1, 0.15) is 11.6 Å². The van der Waals surface area contributed by atoms with Gasteiger partial charge in [0.15, 0.2) is 0 Å². The van der Waals surface area contributed by atoms with E-state index in [0.29, 0.717) is 37.6 Å². The van der Waals surface area contributed by atoms with Crippen molar-refractivity contribution in [2.24, 2.45) is 0 Å². The highest BCUT2D eigenvalue weighted by atomic mass is 19.4. The van der Waals surface area contributed by atoms with Crippen LogP contribution in [0.2, 0.25) is 0 Å². The number of nitro groups is 1. The van der Waals surface area contributed by atoms with Gasteiger partial charge < -0.3 is 15.0 Å². The van der Waals surface area contributed by atoms with E-state index in [1.165, 1.54) is 36.4 Å². The molecule has 8 nitrogen and oxygen atoms in total. The molecule has 0 radical (unpaired) electrons. The van der Waals surface area contributed by atoms with Crippen molar-refractivity contribution in [3.8, 4) is 6.07 Å². The number of hydrogen-bond acceptors (Lipinski definition) is 6. The normalized spacial score (nSPS) is 14.6. The van der Waals surface area contributed by atoms with E-state index < -0.39 is 22.6 Å². The first-order chi connectivity index (χ1) is 15.2. The molecule has 1 aliphatic rings. The van der Waals surface area contributed by atoms with E-state index in [9.17, 15) is 33.3 Å². The van der Waals surface area contributed by atoms with Crippen LogP contribution in [0.3, 0.4) is 0 Å². The first kappa shape index (κ1) is 22.8. The minimum atomic E-state index is -4.62. The van der Waals surface area contributed by atoms with Gasteiger partial charge in [-0.15, -0.1) is 0 Å². The minimum absolute atomic E-state index is 0.0865. The first-order valence-electron chi connectivity index (χ1n) is 9.40. The maximum absolute atomic E-state index is 13.2. The zero-order chi connectivity index (χ0) is 23.3. The molecule has 0 atom stereocenters. The summed E-state index contributed by atoms with van der Waals surface area (Å²) in [6.45, 7) is 1.63. The third-order valence-electron chi connectivity index (χ3n) is 4.70. The quantitative estimate of drug-likeness (QED) is 0.322. The number of ether oxygens (including phenoxy) is 1. The summed E-state index contributed by atoms with van der Waals surface area (Å²) in [5, 5.41) is 22.5. The third-order valence-corrected chi connectivity index (χ3v) is 4.70. The lowest BCUT2D eigenvalue weighted by Gasteiger charge is -2.31. The number of morpholine rings is 1. The highest BCUT2D eigenvalue weighted by molar-refractivity contribution is 6.11. The zero-order valence-corrected chi connectivity index (χ0v) is 16.6. The summed E-state index contributed by atoms with van der Waals surface area (Å²) in [7, 11) is 0. The molecule has 3 rings (SSSR count). The highest BCUT2D eigenvalue weighted by Gasteiger charge is 2.32. The van der Waals surface area contributed by atoms with Crippen LogP contribution >= 0.6 is 0 Å².